The van der Waals surface area contributed by atoms with Gasteiger partial charge in [-0.25, -0.2) is 19.2 Å². The van der Waals surface area contributed by atoms with Gasteiger partial charge in [-0.1, -0.05) is 103 Å². The number of carbonyl (C=O) groups is 8. The number of aliphatic hydroxyl groups excluding tert-OH is 2. The number of rotatable bonds is 10. The van der Waals surface area contributed by atoms with Gasteiger partial charge in [-0.15, -0.1) is 0 Å². The number of benzene rings is 4. The number of carbonyl (C=O) groups excluding carboxylic acids is 6. The summed E-state index contributed by atoms with van der Waals surface area (Å²) in [6.07, 6.45) is 9.59. The third-order valence-electron chi connectivity index (χ3n) is 20.1. The number of methoxy groups -OCH3 is 4. The Morgan fingerprint density at radius 2 is 0.562 bits per heavy atom. The molecule has 96 heavy (non-hydrogen) atoms. The maximum absolute atomic E-state index is 12.3. The second kappa shape index (κ2) is 40.8. The molecule has 0 spiro atoms. The summed E-state index contributed by atoms with van der Waals surface area (Å²) in [6.45, 7) is 0. The quantitative estimate of drug-likeness (QED) is 0.0828. The molecule has 8 aliphatic rings. The molecule has 8 heterocycles. The summed E-state index contributed by atoms with van der Waals surface area (Å²) in [5.74, 6) is -4.86. The molecule has 4 aromatic carbocycles. The summed E-state index contributed by atoms with van der Waals surface area (Å²) in [7, 11) is 14.1. The van der Waals surface area contributed by atoms with E-state index in [0.29, 0.717) is 46.4 Å². The molecule has 0 aromatic heterocycles. The maximum atomic E-state index is 12.3. The van der Waals surface area contributed by atoms with E-state index in [1.54, 1.807) is 109 Å². The first-order valence-corrected chi connectivity index (χ1v) is 31.2. The van der Waals surface area contributed by atoms with Crippen molar-refractivity contribution in [3.63, 3.8) is 0 Å². The average molecular weight is 1350 g/mol. The van der Waals surface area contributed by atoms with Crippen molar-refractivity contribution >= 4 is 47.8 Å². The Morgan fingerprint density at radius 1 is 0.344 bits per heavy atom. The van der Waals surface area contributed by atoms with E-state index >= 15 is 0 Å². The lowest BCUT2D eigenvalue weighted by atomic mass is 9.87. The number of hydrogen-bond acceptors (Lipinski definition) is 16. The minimum atomic E-state index is -0.879. The van der Waals surface area contributed by atoms with E-state index in [-0.39, 0.29) is 137 Å². The number of esters is 6. The fourth-order valence-electron chi connectivity index (χ4n) is 15.2. The van der Waals surface area contributed by atoms with Crippen molar-refractivity contribution in [2.45, 2.75) is 180 Å². The topological polar surface area (TPSA) is 354 Å². The van der Waals surface area contributed by atoms with Crippen molar-refractivity contribution in [2.24, 2.45) is 23.7 Å². The van der Waals surface area contributed by atoms with Gasteiger partial charge in [0.25, 0.3) is 0 Å². The summed E-state index contributed by atoms with van der Waals surface area (Å²) >= 11 is 0. The zero-order valence-electron chi connectivity index (χ0n) is 53.8. The lowest BCUT2D eigenvalue weighted by molar-refractivity contribution is -0.926. The van der Waals surface area contributed by atoms with Crippen LogP contribution < -0.4 is 19.6 Å². The first-order chi connectivity index (χ1) is 43.1. The van der Waals surface area contributed by atoms with Crippen LogP contribution in [0.15, 0.2) is 121 Å². The van der Waals surface area contributed by atoms with Crippen molar-refractivity contribution in [3.05, 3.63) is 144 Å². The molecule has 0 aliphatic carbocycles. The van der Waals surface area contributed by atoms with Crippen LogP contribution in [0.25, 0.3) is 0 Å². The first-order valence-electron chi connectivity index (χ1n) is 31.2. The number of hydrogen-bond donors (Lipinski definition) is 8. The molecule has 8 fully saturated rings. The van der Waals surface area contributed by atoms with E-state index in [2.05, 4.69) is 28.2 Å². The third-order valence-corrected chi connectivity index (χ3v) is 20.1. The predicted molar refractivity (Wildman–Crippen MR) is 360 cm³/mol. The number of piperidine rings is 4. The Bertz CT molecular complexity index is 2820. The highest BCUT2D eigenvalue weighted by Crippen LogP contribution is 2.34. The summed E-state index contributed by atoms with van der Waals surface area (Å²) in [5, 5.41) is 36.5. The number of fused-ring (bicyclic) bond motifs is 8. The molecule has 12 rings (SSSR count). The van der Waals surface area contributed by atoms with Gasteiger partial charge in [-0.3, -0.25) is 19.2 Å². The van der Waals surface area contributed by atoms with Gasteiger partial charge < -0.3 is 79.4 Å². The highest BCUT2D eigenvalue weighted by Gasteiger charge is 2.57. The number of carboxylic acids is 2. The third kappa shape index (κ3) is 21.2. The van der Waals surface area contributed by atoms with E-state index in [0.717, 1.165) is 77.0 Å². The summed E-state index contributed by atoms with van der Waals surface area (Å²) in [5.41, 5.74) is 1.70. The molecule has 8 aliphatic heterocycles. The number of quaternary nitrogens is 4. The van der Waals surface area contributed by atoms with Crippen LogP contribution >= 0.6 is 0 Å². The molecule has 24 nitrogen and oxygen atoms in total. The molecule has 8 bridgehead atoms. The number of aromatic carboxylic acids is 2. The van der Waals surface area contributed by atoms with Crippen LogP contribution in [-0.4, -0.2) is 209 Å². The molecule has 0 saturated carbocycles. The van der Waals surface area contributed by atoms with E-state index in [4.69, 9.17) is 38.6 Å². The van der Waals surface area contributed by atoms with Crippen LogP contribution in [0, 0.1) is 23.7 Å². The molecule has 4 aromatic rings. The molecular formula is C72H112N4O20+4. The second-order valence-electron chi connectivity index (χ2n) is 24.7. The van der Waals surface area contributed by atoms with Gasteiger partial charge in [-0.05, 0) is 48.5 Å². The van der Waals surface area contributed by atoms with Crippen molar-refractivity contribution in [3.8, 4) is 0 Å². The molecule has 12 N–H and O–H groups in total. The number of nitrogens with one attached hydrogen (secondary N) is 4. The fraction of sp³-hybridized carbons (Fsp3) is 0.556. The van der Waals surface area contributed by atoms with Crippen molar-refractivity contribution in [2.75, 3.05) is 56.6 Å². The Balaban J connectivity index is 0.000000586. The van der Waals surface area contributed by atoms with Crippen molar-refractivity contribution in [1.82, 2.24) is 0 Å². The van der Waals surface area contributed by atoms with Gasteiger partial charge in [0.1, 0.15) is 60.0 Å². The largest absolute Gasteiger partial charge is 0.478 e. The van der Waals surface area contributed by atoms with Gasteiger partial charge in [0, 0.05) is 77.0 Å². The maximum Gasteiger partial charge on any atom is 0.338 e. The first kappa shape index (κ1) is 86.3. The van der Waals surface area contributed by atoms with Crippen LogP contribution in [0.1, 0.15) is 148 Å². The van der Waals surface area contributed by atoms with Crippen LogP contribution in [0.2, 0.25) is 0 Å². The Morgan fingerprint density at radius 3 is 0.792 bits per heavy atom. The summed E-state index contributed by atoms with van der Waals surface area (Å²) in [4.78, 5) is 98.0. The Kier molecular flexibility index (Phi) is 36.7. The van der Waals surface area contributed by atoms with Gasteiger partial charge in [0.15, 0.2) is 0 Å². The minimum absolute atomic E-state index is 0. The van der Waals surface area contributed by atoms with E-state index < -0.39 is 24.1 Å². The van der Waals surface area contributed by atoms with Crippen molar-refractivity contribution in [1.29, 1.82) is 0 Å². The molecule has 24 heteroatoms. The number of ether oxygens (including phenoxy) is 6. The molecule has 18 unspecified atom stereocenters. The van der Waals surface area contributed by atoms with Crippen LogP contribution in [-0.2, 0) is 47.6 Å². The lowest BCUT2D eigenvalue weighted by Gasteiger charge is -2.38. The standard InChI is InChI=1S/2C17H21NO4.2C10H17NO3.2C7H6O2.4CH4.2H2O/c2*1-18-12-8-9-13(18)15(17(20)21-2)14(10-12)22-16(19)11-6-4-3-5-7-11;2*1-11-6-3-4-7(11)9(8(12)5-6)10(13)14-2;2*8-7(9)6-4-2-1-3-5-6;;;;;;/h2*3-7,12-15H,8-10H2,1-2H3;2*6-9,12H,3-5H2,1-2H3;2*1-5H,(H,8,9);4*1H4;2*1H2/p+4/t12?,13?,14?,15-;;6?,7?,8-,9?;;;;;;;;;/m1.1........./s1. The lowest BCUT2D eigenvalue weighted by Crippen LogP contribution is -3.16. The van der Waals surface area contributed by atoms with Crippen molar-refractivity contribution < 1.29 is 118 Å². The highest BCUT2D eigenvalue weighted by atomic mass is 16.6. The van der Waals surface area contributed by atoms with Gasteiger partial charge >= 0.3 is 47.8 Å². The summed E-state index contributed by atoms with van der Waals surface area (Å²) in [6, 6.07) is 37.3. The normalized spacial score (nSPS) is 30.4. The smallest absolute Gasteiger partial charge is 0.338 e. The molecule has 0 radical (unpaired) electrons. The second-order valence-corrected chi connectivity index (χ2v) is 24.7. The highest BCUT2D eigenvalue weighted by molar-refractivity contribution is 5.91. The molecule has 8 saturated heterocycles. The monoisotopic (exact) mass is 1350 g/mol. The number of aliphatic hydroxyl groups is 2. The van der Waals surface area contributed by atoms with E-state index in [1.807, 2.05) is 12.1 Å². The Hall–Kier alpha value is -7.68. The van der Waals surface area contributed by atoms with Gasteiger partial charge in [0.05, 0.1) is 115 Å². The molecular weight excluding hydrogens is 1240 g/mol. The van der Waals surface area contributed by atoms with Crippen LogP contribution in [0.3, 0.4) is 0 Å². The van der Waals surface area contributed by atoms with Crippen LogP contribution in [0.5, 0.6) is 0 Å². The van der Waals surface area contributed by atoms with E-state index in [1.165, 1.54) is 48.0 Å². The minimum Gasteiger partial charge on any atom is -0.478 e. The zero-order chi connectivity index (χ0) is 65.3. The fourth-order valence-corrected chi connectivity index (χ4v) is 15.2. The van der Waals surface area contributed by atoms with E-state index in [9.17, 15) is 48.6 Å². The average Bonchev–Trinajstić information content (AvgIpc) is 1.64. The summed E-state index contributed by atoms with van der Waals surface area (Å²) < 4.78 is 30.8. The van der Waals surface area contributed by atoms with Gasteiger partial charge in [-0.2, -0.15) is 0 Å². The molecule has 0 amide bonds. The van der Waals surface area contributed by atoms with Gasteiger partial charge in [0.2, 0.25) is 0 Å². The predicted octanol–water partition coefficient (Wildman–Crippen LogP) is 1.74. The van der Waals surface area contributed by atoms with Crippen LogP contribution in [0.4, 0.5) is 0 Å². The zero-order valence-corrected chi connectivity index (χ0v) is 53.8. The Labute approximate surface area is 566 Å². The molecule has 536 valence electrons. The molecule has 20 atom stereocenters. The number of carboxylic acid groups (broad SMARTS) is 2. The SMILES string of the molecule is C.C.C.C.COC(=O)C1C(O)CC2CCC1[NH+]2C.COC(=O)C1C(OC(=O)c2ccccc2)CC2CCC1[NH+]2C.COC(=O)C1C2CCC(C[C@H]1O)[NH+]2C.COC(=O)[C@H]1C(OC(=O)c2ccccc2)CC2CCC1[NH+]2C.O.O.O=C(O)c1ccccc1.O=C(O)c1ccccc1.